The number of carbonyl (C=O) groups excluding carboxylic acids is 2. The van der Waals surface area contributed by atoms with Crippen molar-refractivity contribution in [2.45, 2.75) is 37.6 Å². The number of nitrogens with zero attached hydrogens (tertiary/aromatic N) is 5. The van der Waals surface area contributed by atoms with Crippen molar-refractivity contribution in [1.82, 2.24) is 24.8 Å². The van der Waals surface area contributed by atoms with Crippen LogP contribution in [0.5, 0.6) is 11.5 Å². The Morgan fingerprint density at radius 1 is 1.00 bits per heavy atom. The van der Waals surface area contributed by atoms with Crippen LogP contribution in [0.15, 0.2) is 102 Å². The third-order valence-electron chi connectivity index (χ3n) is 10.7. The van der Waals surface area contributed by atoms with E-state index in [0.29, 0.717) is 53.9 Å². The Morgan fingerprint density at radius 2 is 1.78 bits per heavy atom. The van der Waals surface area contributed by atoms with Crippen LogP contribution >= 0.6 is 0 Å². The number of ether oxygens (including phenoxy) is 1. The number of nitrogens with one attached hydrogen (secondary N) is 1. The number of nitrogens with two attached hydrogens (primary N) is 1. The van der Waals surface area contributed by atoms with Crippen molar-refractivity contribution in [3.8, 4) is 17.2 Å². The molecule has 6 aromatic rings. The van der Waals surface area contributed by atoms with E-state index in [1.165, 1.54) is 6.07 Å². The van der Waals surface area contributed by atoms with Crippen molar-refractivity contribution in [1.29, 1.82) is 0 Å². The van der Waals surface area contributed by atoms with Crippen molar-refractivity contribution in [2.24, 2.45) is 5.73 Å². The van der Waals surface area contributed by atoms with Gasteiger partial charge >= 0.3 is 0 Å². The van der Waals surface area contributed by atoms with Gasteiger partial charge in [0.25, 0.3) is 5.91 Å². The van der Waals surface area contributed by atoms with E-state index >= 15 is 4.39 Å². The monoisotopic (exact) mass is 725 g/mol. The van der Waals surface area contributed by atoms with Crippen LogP contribution in [0.2, 0.25) is 0 Å². The summed E-state index contributed by atoms with van der Waals surface area (Å²) < 4.78 is 24.6. The fraction of sp³-hybridized carbons (Fsp3) is 0.262. The predicted molar refractivity (Wildman–Crippen MR) is 206 cm³/mol. The Kier molecular flexibility index (Phi) is 9.51. The van der Waals surface area contributed by atoms with Gasteiger partial charge in [-0.15, -0.1) is 0 Å². The summed E-state index contributed by atoms with van der Waals surface area (Å²) >= 11 is 0. The van der Waals surface area contributed by atoms with E-state index in [9.17, 15) is 14.4 Å². The minimum atomic E-state index is -0.563. The largest absolute Gasteiger partial charge is 0.451 e. The zero-order valence-corrected chi connectivity index (χ0v) is 29.9. The number of rotatable bonds is 7. The molecule has 0 spiro atoms. The van der Waals surface area contributed by atoms with Gasteiger partial charge in [-0.1, -0.05) is 42.5 Å². The summed E-state index contributed by atoms with van der Waals surface area (Å²) in [7, 11) is 2.10. The van der Waals surface area contributed by atoms with Gasteiger partial charge in [0, 0.05) is 61.9 Å². The van der Waals surface area contributed by atoms with Gasteiger partial charge in [-0.3, -0.25) is 24.4 Å². The number of halogens is 1. The number of anilines is 1. The molecule has 2 saturated heterocycles. The molecule has 2 fully saturated rings. The molecule has 5 heterocycles. The fourth-order valence-electron chi connectivity index (χ4n) is 7.87. The lowest BCUT2D eigenvalue weighted by molar-refractivity contribution is 0.0947. The smallest absolute Gasteiger partial charge is 0.256 e. The van der Waals surface area contributed by atoms with Crippen molar-refractivity contribution < 1.29 is 18.7 Å². The molecule has 0 bridgehead atoms. The lowest BCUT2D eigenvalue weighted by Crippen LogP contribution is -2.34. The molecule has 0 saturated carbocycles. The number of pyridine rings is 1. The highest BCUT2D eigenvalue weighted by molar-refractivity contribution is 6.02. The summed E-state index contributed by atoms with van der Waals surface area (Å²) in [6, 6.07) is 22.3. The molecule has 3 N–H and O–H groups in total. The van der Waals surface area contributed by atoms with Crippen LogP contribution in [0.1, 0.15) is 58.0 Å². The van der Waals surface area contributed by atoms with Crippen LogP contribution in [0, 0.1) is 5.82 Å². The topological polar surface area (TPSA) is 136 Å². The predicted octanol–water partition coefficient (Wildman–Crippen LogP) is 6.17. The molecule has 12 heteroatoms. The SMILES string of the molecule is CN1CCC[C@H]1CCNC(=O)c1cn2c3c(c(N4CCC(c5cnccn5)C4)c(F)cc3c1=O)Oc1cc3ccccc3cc1-2.NC(=O)c1ccccc1. The zero-order chi connectivity index (χ0) is 37.3. The number of hydrogen-bond acceptors (Lipinski definition) is 8. The van der Waals surface area contributed by atoms with Crippen LogP contribution in [0.25, 0.3) is 27.4 Å². The van der Waals surface area contributed by atoms with E-state index in [1.807, 2.05) is 51.9 Å². The van der Waals surface area contributed by atoms with Gasteiger partial charge in [-0.25, -0.2) is 4.39 Å². The number of carbonyl (C=O) groups is 2. The van der Waals surface area contributed by atoms with Gasteiger partial charge in [-0.2, -0.15) is 0 Å². The standard InChI is InChI=1S/C35H33FN6O3.C7H7NO/c1-40-13-4-7-24(40)8-10-39-35(44)26-20-42-29-15-21-5-2-3-6-22(21)16-30(29)45-34-31(42)25(33(26)43)17-27(36)32(34)41-14-9-23(19-41)28-18-37-11-12-38-28;8-7(9)6-4-2-1-3-5-6/h2-3,5-6,11-12,15-18,20,23-24H,4,7-10,13-14,19H2,1H3,(H,39,44);1-5H,(H2,8,9)/t23?,24-;/m0./s1. The maximum Gasteiger partial charge on any atom is 0.256 e. The van der Waals surface area contributed by atoms with Crippen LogP contribution in [0.3, 0.4) is 0 Å². The molecule has 0 radical (unpaired) electrons. The normalized spacial score (nSPS) is 17.5. The number of aromatic nitrogens is 3. The van der Waals surface area contributed by atoms with Crippen LogP contribution < -0.4 is 26.1 Å². The molecule has 2 aromatic heterocycles. The van der Waals surface area contributed by atoms with Gasteiger partial charge in [-0.05, 0) is 80.4 Å². The van der Waals surface area contributed by atoms with Gasteiger partial charge in [0.15, 0.2) is 17.3 Å². The molecular formula is C42H40FN7O4. The molecule has 0 aliphatic carbocycles. The van der Waals surface area contributed by atoms with Crippen LogP contribution in [0.4, 0.5) is 10.1 Å². The van der Waals surface area contributed by atoms with Gasteiger partial charge in [0.05, 0.1) is 16.8 Å². The molecule has 274 valence electrons. The minimum Gasteiger partial charge on any atom is -0.451 e. The summed E-state index contributed by atoms with van der Waals surface area (Å²) in [6.07, 6.45) is 10.5. The van der Waals surface area contributed by atoms with E-state index in [4.69, 9.17) is 10.5 Å². The van der Waals surface area contributed by atoms with Crippen LogP contribution in [-0.2, 0) is 0 Å². The first kappa shape index (κ1) is 34.9. The highest BCUT2D eigenvalue weighted by atomic mass is 19.1. The molecule has 2 atom stereocenters. The summed E-state index contributed by atoms with van der Waals surface area (Å²) in [5.74, 6) is -0.516. The van der Waals surface area contributed by atoms with Crippen molar-refractivity contribution in [2.75, 3.05) is 38.1 Å². The zero-order valence-electron chi connectivity index (χ0n) is 29.9. The van der Waals surface area contributed by atoms with E-state index in [0.717, 1.165) is 48.7 Å². The summed E-state index contributed by atoms with van der Waals surface area (Å²) in [4.78, 5) is 50.8. The Labute approximate surface area is 311 Å². The number of likely N-dealkylation sites (tertiary alicyclic amines) is 1. The summed E-state index contributed by atoms with van der Waals surface area (Å²) in [6.45, 7) is 2.63. The third-order valence-corrected chi connectivity index (χ3v) is 10.7. The third kappa shape index (κ3) is 6.64. The van der Waals surface area contributed by atoms with E-state index in [-0.39, 0.29) is 28.5 Å². The fourth-order valence-corrected chi connectivity index (χ4v) is 7.87. The molecule has 11 nitrogen and oxygen atoms in total. The minimum absolute atomic E-state index is 0.0229. The highest BCUT2D eigenvalue weighted by Crippen LogP contribution is 2.48. The Bertz CT molecular complexity index is 2440. The molecule has 4 aromatic carbocycles. The maximum atomic E-state index is 16.3. The number of primary amides is 1. The molecule has 54 heavy (non-hydrogen) atoms. The first-order chi connectivity index (χ1) is 26.3. The summed E-state index contributed by atoms with van der Waals surface area (Å²) in [5.41, 5.74) is 7.29. The molecule has 2 amide bonds. The van der Waals surface area contributed by atoms with E-state index < -0.39 is 17.2 Å². The van der Waals surface area contributed by atoms with Crippen molar-refractivity contribution >= 4 is 39.2 Å². The van der Waals surface area contributed by atoms with Crippen molar-refractivity contribution in [3.63, 3.8) is 0 Å². The second kappa shape index (κ2) is 14.7. The maximum absolute atomic E-state index is 16.3. The summed E-state index contributed by atoms with van der Waals surface area (Å²) in [5, 5.41) is 5.01. The number of benzene rings is 4. The van der Waals surface area contributed by atoms with E-state index in [2.05, 4.69) is 27.2 Å². The first-order valence-electron chi connectivity index (χ1n) is 18.2. The Hall–Kier alpha value is -6.14. The van der Waals surface area contributed by atoms with Gasteiger partial charge < -0.3 is 30.2 Å². The molecule has 3 aliphatic rings. The average molecular weight is 726 g/mol. The highest BCUT2D eigenvalue weighted by Gasteiger charge is 2.34. The van der Waals surface area contributed by atoms with E-state index in [1.54, 1.807) is 49.1 Å². The number of fused-ring (bicyclic) bond motifs is 3. The number of amides is 2. The Balaban J connectivity index is 0.000000405. The second-order valence-electron chi connectivity index (χ2n) is 14.1. The molecule has 1 unspecified atom stereocenters. The first-order valence-corrected chi connectivity index (χ1v) is 18.2. The lowest BCUT2D eigenvalue weighted by atomic mass is 10.0. The molecule has 3 aliphatic heterocycles. The molecule has 9 rings (SSSR count). The molecular weight excluding hydrogens is 686 g/mol. The second-order valence-corrected chi connectivity index (χ2v) is 14.1. The Morgan fingerprint density at radius 3 is 2.48 bits per heavy atom. The average Bonchev–Trinajstić information content (AvgIpc) is 3.85. The van der Waals surface area contributed by atoms with Gasteiger partial charge in [0.2, 0.25) is 11.3 Å². The van der Waals surface area contributed by atoms with Crippen molar-refractivity contribution in [3.05, 3.63) is 130 Å². The van der Waals surface area contributed by atoms with Gasteiger partial charge in [0.1, 0.15) is 16.8 Å². The van der Waals surface area contributed by atoms with Crippen LogP contribution in [-0.4, -0.2) is 70.5 Å². The lowest BCUT2D eigenvalue weighted by Gasteiger charge is -2.29. The quantitative estimate of drug-likeness (QED) is 0.199. The number of hydrogen-bond donors (Lipinski definition) is 2.